The van der Waals surface area contributed by atoms with Gasteiger partial charge in [0.1, 0.15) is 23.6 Å². The van der Waals surface area contributed by atoms with Gasteiger partial charge in [-0.05, 0) is 87.6 Å². The van der Waals surface area contributed by atoms with E-state index in [1.165, 1.54) is 37.8 Å². The summed E-state index contributed by atoms with van der Waals surface area (Å²) in [6, 6.07) is 9.75. The molecule has 7 nitrogen and oxygen atoms in total. The zero-order valence-corrected chi connectivity index (χ0v) is 23.2. The van der Waals surface area contributed by atoms with Crippen molar-refractivity contribution in [2.75, 3.05) is 18.8 Å². The van der Waals surface area contributed by atoms with Crippen molar-refractivity contribution in [2.45, 2.75) is 90.6 Å². The molecule has 1 aromatic carbocycles. The molecule has 0 unspecified atom stereocenters. The van der Waals surface area contributed by atoms with Gasteiger partial charge >= 0.3 is 0 Å². The van der Waals surface area contributed by atoms with E-state index < -0.39 is 0 Å². The zero-order valence-electron chi connectivity index (χ0n) is 23.2. The van der Waals surface area contributed by atoms with Crippen LogP contribution in [0, 0.1) is 5.92 Å². The van der Waals surface area contributed by atoms with Crippen LogP contribution in [0.1, 0.15) is 84.2 Å². The van der Waals surface area contributed by atoms with Gasteiger partial charge in [0.15, 0.2) is 0 Å². The predicted molar refractivity (Wildman–Crippen MR) is 153 cm³/mol. The van der Waals surface area contributed by atoms with E-state index in [4.69, 9.17) is 10.7 Å². The summed E-state index contributed by atoms with van der Waals surface area (Å²) in [4.78, 5) is 19.7. The van der Waals surface area contributed by atoms with E-state index in [-0.39, 0.29) is 5.41 Å². The van der Waals surface area contributed by atoms with Crippen LogP contribution in [0.5, 0.6) is 0 Å². The second-order valence-electron chi connectivity index (χ2n) is 12.3. The van der Waals surface area contributed by atoms with Crippen molar-refractivity contribution in [1.82, 2.24) is 29.4 Å². The largest absolute Gasteiger partial charge is 0.383 e. The number of nitrogens with two attached hydrogens (primary N) is 1. The lowest BCUT2D eigenvalue weighted by molar-refractivity contribution is 0.183. The van der Waals surface area contributed by atoms with E-state index in [0.717, 1.165) is 53.2 Å². The van der Waals surface area contributed by atoms with Crippen LogP contribution in [-0.4, -0.2) is 48.5 Å². The molecule has 1 aliphatic carbocycles. The summed E-state index contributed by atoms with van der Waals surface area (Å²) in [7, 11) is 0. The fourth-order valence-electron chi connectivity index (χ4n) is 5.90. The molecule has 3 N–H and O–H groups in total. The molecule has 5 rings (SSSR count). The topological polar surface area (TPSA) is 88.7 Å². The molecule has 3 aromatic heterocycles. The molecular weight excluding hydrogens is 458 g/mol. The van der Waals surface area contributed by atoms with Crippen LogP contribution in [0.2, 0.25) is 0 Å². The Morgan fingerprint density at radius 2 is 1.97 bits per heavy atom. The van der Waals surface area contributed by atoms with Crippen molar-refractivity contribution in [3.63, 3.8) is 0 Å². The average Bonchev–Trinajstić information content (AvgIpc) is 3.57. The van der Waals surface area contributed by atoms with Crippen LogP contribution < -0.4 is 5.73 Å². The number of anilines is 1. The maximum absolute atomic E-state index is 6.05. The van der Waals surface area contributed by atoms with Crippen LogP contribution in [0.15, 0.2) is 36.8 Å². The summed E-state index contributed by atoms with van der Waals surface area (Å²) in [6.45, 7) is 13.7. The second-order valence-corrected chi connectivity index (χ2v) is 12.3. The van der Waals surface area contributed by atoms with E-state index >= 15 is 0 Å². The molecular formula is C30H43N7. The lowest BCUT2D eigenvalue weighted by atomic mass is 9.87. The third-order valence-electron chi connectivity index (χ3n) is 8.18. The van der Waals surface area contributed by atoms with Crippen molar-refractivity contribution in [3.05, 3.63) is 48.2 Å². The number of rotatable bonds is 9. The zero-order chi connectivity index (χ0) is 26.2. The number of fused-ring (bicyclic) bond motifs is 2. The Kier molecular flexibility index (Phi) is 7.26. The van der Waals surface area contributed by atoms with Gasteiger partial charge in [0.05, 0.1) is 16.4 Å². The predicted octanol–water partition coefficient (Wildman–Crippen LogP) is 6.26. The van der Waals surface area contributed by atoms with E-state index in [9.17, 15) is 0 Å². The Balaban J connectivity index is 1.13. The summed E-state index contributed by atoms with van der Waals surface area (Å²) in [6.07, 6.45) is 10.7. The lowest BCUT2D eigenvalue weighted by Crippen LogP contribution is -2.35. The van der Waals surface area contributed by atoms with E-state index in [1.54, 1.807) is 6.33 Å². The Morgan fingerprint density at radius 1 is 1.14 bits per heavy atom. The van der Waals surface area contributed by atoms with Gasteiger partial charge in [-0.2, -0.15) is 0 Å². The van der Waals surface area contributed by atoms with Gasteiger partial charge in [-0.3, -0.25) is 0 Å². The van der Waals surface area contributed by atoms with Gasteiger partial charge in [0.25, 0.3) is 0 Å². The molecule has 0 saturated heterocycles. The smallest absolute Gasteiger partial charge is 0.145 e. The third-order valence-corrected chi connectivity index (χ3v) is 8.18. The molecule has 7 heteroatoms. The number of aromatic nitrogens is 5. The van der Waals surface area contributed by atoms with Gasteiger partial charge in [-0.15, -0.1) is 0 Å². The van der Waals surface area contributed by atoms with Crippen molar-refractivity contribution in [1.29, 1.82) is 0 Å². The quantitative estimate of drug-likeness (QED) is 0.264. The van der Waals surface area contributed by atoms with Gasteiger partial charge in [-0.1, -0.05) is 26.8 Å². The first-order chi connectivity index (χ1) is 17.7. The molecule has 2 atom stereocenters. The molecule has 1 aliphatic rings. The number of hydrogen-bond donors (Lipinski definition) is 2. The Bertz CT molecular complexity index is 1340. The van der Waals surface area contributed by atoms with Gasteiger partial charge < -0.3 is 20.2 Å². The summed E-state index contributed by atoms with van der Waals surface area (Å²) in [5.41, 5.74) is 10.8. The number of aromatic amines is 1. The molecule has 4 aromatic rings. The van der Waals surface area contributed by atoms with Crippen molar-refractivity contribution in [2.24, 2.45) is 5.92 Å². The second kappa shape index (κ2) is 10.4. The summed E-state index contributed by atoms with van der Waals surface area (Å²) < 4.78 is 2.32. The highest BCUT2D eigenvalue weighted by molar-refractivity contribution is 5.86. The molecule has 0 bridgehead atoms. The van der Waals surface area contributed by atoms with Crippen molar-refractivity contribution < 1.29 is 0 Å². The molecule has 198 valence electrons. The number of aryl methyl sites for hydroxylation is 1. The molecule has 3 heterocycles. The Morgan fingerprint density at radius 3 is 2.76 bits per heavy atom. The van der Waals surface area contributed by atoms with Gasteiger partial charge in [-0.25, -0.2) is 15.0 Å². The molecule has 0 amide bonds. The summed E-state index contributed by atoms with van der Waals surface area (Å²) in [5.74, 6) is 2.40. The third kappa shape index (κ3) is 5.66. The average molecular weight is 502 g/mol. The number of nitrogen functional groups attached to an aromatic ring is 1. The summed E-state index contributed by atoms with van der Waals surface area (Å²) >= 11 is 0. The van der Waals surface area contributed by atoms with Crippen LogP contribution in [-0.2, 0) is 11.8 Å². The number of hydrogen-bond acceptors (Lipinski definition) is 5. The number of nitrogens with zero attached hydrogens (tertiary/aromatic N) is 5. The van der Waals surface area contributed by atoms with Crippen molar-refractivity contribution in [3.8, 4) is 0 Å². The highest BCUT2D eigenvalue weighted by Gasteiger charge is 2.29. The number of imidazole rings is 1. The fraction of sp³-hybridized carbons (Fsp3) is 0.567. The molecule has 0 aliphatic heterocycles. The summed E-state index contributed by atoms with van der Waals surface area (Å²) in [5, 5.41) is 0.967. The number of H-pyrrole nitrogens is 1. The van der Waals surface area contributed by atoms with E-state index in [1.807, 2.05) is 0 Å². The Labute approximate surface area is 220 Å². The molecule has 1 fully saturated rings. The highest BCUT2D eigenvalue weighted by atomic mass is 15.2. The molecule has 0 radical (unpaired) electrons. The maximum Gasteiger partial charge on any atom is 0.145 e. The van der Waals surface area contributed by atoms with Crippen LogP contribution in [0.4, 0.5) is 5.82 Å². The molecule has 1 saturated carbocycles. The van der Waals surface area contributed by atoms with Crippen LogP contribution in [0.25, 0.3) is 22.1 Å². The lowest BCUT2D eigenvalue weighted by Gasteiger charge is -2.29. The van der Waals surface area contributed by atoms with E-state index in [0.29, 0.717) is 17.9 Å². The number of nitrogens with one attached hydrogen (secondary N) is 1. The monoisotopic (exact) mass is 501 g/mol. The van der Waals surface area contributed by atoms with Crippen LogP contribution in [0.3, 0.4) is 0 Å². The van der Waals surface area contributed by atoms with Crippen molar-refractivity contribution >= 4 is 27.9 Å². The first-order valence-corrected chi connectivity index (χ1v) is 14.0. The molecule has 37 heavy (non-hydrogen) atoms. The SMILES string of the molecule is CC(C)N(CCCCc1nc2ccc(C(C)(C)C)cc2[nH]1)C[C@H]1CC[C@H](n2ccc3c(N)ncnc32)C1. The fourth-order valence-corrected chi connectivity index (χ4v) is 5.90. The van der Waals surface area contributed by atoms with Gasteiger partial charge in [0, 0.05) is 31.2 Å². The number of benzene rings is 1. The van der Waals surface area contributed by atoms with Crippen LogP contribution >= 0.6 is 0 Å². The number of unbranched alkanes of at least 4 members (excludes halogenated alkanes) is 1. The minimum atomic E-state index is 0.150. The minimum Gasteiger partial charge on any atom is -0.383 e. The van der Waals surface area contributed by atoms with Gasteiger partial charge in [0.2, 0.25) is 0 Å². The highest BCUT2D eigenvalue weighted by Crippen LogP contribution is 2.37. The first-order valence-electron chi connectivity index (χ1n) is 14.0. The minimum absolute atomic E-state index is 0.150. The first kappa shape index (κ1) is 25.7. The maximum atomic E-state index is 6.05. The Hall–Kier alpha value is -2.93. The van der Waals surface area contributed by atoms with E-state index in [2.05, 4.69) is 89.5 Å². The standard InChI is InChI=1S/C30H43N7/c1-20(2)36(14-7-6-8-27-34-25-12-10-22(30(3,4)5)17-26(25)35-27)18-21-9-11-23(16-21)37-15-13-24-28(31)32-19-33-29(24)37/h10,12-13,15,17,19-21,23H,6-9,11,14,16,18H2,1-5H3,(H,34,35)(H2,31,32,33)/t21-,23-/m0/s1. The molecule has 0 spiro atoms. The normalized spacial score (nSPS) is 18.7.